The number of nitrogens with zero attached hydrogens (tertiary/aromatic N) is 3. The number of carbonyl (C=O) groups is 2. The van der Waals surface area contributed by atoms with Crippen LogP contribution in [0.2, 0.25) is 0 Å². The molecule has 3 amide bonds. The van der Waals surface area contributed by atoms with Crippen LogP contribution in [-0.4, -0.2) is 34.6 Å². The van der Waals surface area contributed by atoms with E-state index in [1.165, 1.54) is 30.5 Å². The van der Waals surface area contributed by atoms with Crippen LogP contribution in [-0.2, 0) is 4.79 Å². The number of rotatable bonds is 4. The van der Waals surface area contributed by atoms with E-state index in [4.69, 9.17) is 4.42 Å². The highest BCUT2D eigenvalue weighted by Crippen LogP contribution is 2.16. The largest absolute Gasteiger partial charge is 0.433 e. The molecule has 0 radical (unpaired) electrons. The van der Waals surface area contributed by atoms with E-state index in [1.54, 1.807) is 0 Å². The molecule has 1 aromatic heterocycles. The van der Waals surface area contributed by atoms with Crippen molar-refractivity contribution in [2.75, 3.05) is 6.54 Å². The van der Waals surface area contributed by atoms with Gasteiger partial charge in [0.15, 0.2) is 0 Å². The quantitative estimate of drug-likeness (QED) is 0.372. The topological polar surface area (TPSA) is 118 Å². The molecule has 0 aliphatic carbocycles. The van der Waals surface area contributed by atoms with E-state index >= 15 is 0 Å². The van der Waals surface area contributed by atoms with E-state index in [1.807, 2.05) is 0 Å². The average Bonchev–Trinajstić information content (AvgIpc) is 2.92. The maximum Gasteiger partial charge on any atom is 0.433 e. The minimum atomic E-state index is -0.647. The zero-order chi connectivity index (χ0) is 13.8. The third kappa shape index (κ3) is 3.03. The van der Waals surface area contributed by atoms with E-state index in [-0.39, 0.29) is 18.2 Å². The summed E-state index contributed by atoms with van der Waals surface area (Å²) >= 11 is 0. The van der Waals surface area contributed by atoms with Gasteiger partial charge in [-0.1, -0.05) is 0 Å². The number of imide groups is 1. The zero-order valence-corrected chi connectivity index (χ0v) is 9.48. The van der Waals surface area contributed by atoms with Gasteiger partial charge in [-0.2, -0.15) is 5.10 Å². The molecular weight excluding hydrogens is 256 g/mol. The first-order chi connectivity index (χ1) is 9.06. The molecule has 1 aromatic rings. The van der Waals surface area contributed by atoms with E-state index in [9.17, 15) is 19.7 Å². The molecule has 1 saturated heterocycles. The maximum absolute atomic E-state index is 11.1. The van der Waals surface area contributed by atoms with Crippen molar-refractivity contribution in [1.82, 2.24) is 10.3 Å². The van der Waals surface area contributed by atoms with Gasteiger partial charge >= 0.3 is 11.9 Å². The standard InChI is InChI=1S/C10H8N4O5/c15-8-6-13(10(16)12-8)11-5-1-2-7-3-4-9(19-7)14(17)18/h1-5H,6H2,(H,12,15,16)/b2-1+,11-5-. The van der Waals surface area contributed by atoms with E-state index in [0.717, 1.165) is 5.01 Å². The Bertz CT molecular complexity index is 588. The smallest absolute Gasteiger partial charge is 0.401 e. The molecule has 2 heterocycles. The van der Waals surface area contributed by atoms with Gasteiger partial charge in [0.2, 0.25) is 5.91 Å². The van der Waals surface area contributed by atoms with Crippen LogP contribution in [0.1, 0.15) is 5.76 Å². The normalized spacial score (nSPS) is 15.7. The first-order valence-electron chi connectivity index (χ1n) is 5.12. The van der Waals surface area contributed by atoms with E-state index in [0.29, 0.717) is 0 Å². The number of allylic oxidation sites excluding steroid dienone is 1. The molecular formula is C10H8N4O5. The predicted octanol–water partition coefficient (Wildman–Crippen LogP) is 0.739. The van der Waals surface area contributed by atoms with Crippen LogP contribution in [0, 0.1) is 10.1 Å². The Morgan fingerprint density at radius 3 is 2.84 bits per heavy atom. The fourth-order valence-electron chi connectivity index (χ4n) is 1.31. The van der Waals surface area contributed by atoms with Crippen LogP contribution in [0.25, 0.3) is 6.08 Å². The second-order valence-corrected chi connectivity index (χ2v) is 3.47. The number of urea groups is 1. The molecule has 9 nitrogen and oxygen atoms in total. The summed E-state index contributed by atoms with van der Waals surface area (Å²) in [6.07, 6.45) is 4.14. The van der Waals surface area contributed by atoms with Crippen molar-refractivity contribution in [3.8, 4) is 0 Å². The number of furan rings is 1. The van der Waals surface area contributed by atoms with Crippen LogP contribution in [0.4, 0.5) is 10.7 Å². The molecule has 0 aromatic carbocycles. The molecule has 0 atom stereocenters. The Hall–Kier alpha value is -2.97. The number of amides is 3. The third-order valence-corrected chi connectivity index (χ3v) is 2.12. The summed E-state index contributed by atoms with van der Waals surface area (Å²) in [4.78, 5) is 31.6. The van der Waals surface area contributed by atoms with Crippen LogP contribution in [0.3, 0.4) is 0 Å². The maximum atomic E-state index is 11.1. The fourth-order valence-corrected chi connectivity index (χ4v) is 1.31. The Kier molecular flexibility index (Phi) is 3.37. The molecule has 1 fully saturated rings. The van der Waals surface area contributed by atoms with Gasteiger partial charge in [-0.15, -0.1) is 0 Å². The lowest BCUT2D eigenvalue weighted by molar-refractivity contribution is -0.402. The summed E-state index contributed by atoms with van der Waals surface area (Å²) in [6.45, 7) is -0.130. The van der Waals surface area contributed by atoms with Gasteiger partial charge in [-0.25, -0.2) is 9.80 Å². The summed E-state index contributed by atoms with van der Waals surface area (Å²) in [7, 11) is 0. The molecule has 1 aliphatic rings. The van der Waals surface area contributed by atoms with Crippen molar-refractivity contribution < 1.29 is 18.9 Å². The Morgan fingerprint density at radius 2 is 2.26 bits per heavy atom. The summed E-state index contributed by atoms with van der Waals surface area (Å²) in [5.74, 6) is -0.506. The van der Waals surface area contributed by atoms with Crippen molar-refractivity contribution in [1.29, 1.82) is 0 Å². The molecule has 0 saturated carbocycles. The highest BCUT2D eigenvalue weighted by atomic mass is 16.6. The molecule has 0 bridgehead atoms. The summed E-state index contributed by atoms with van der Waals surface area (Å²) < 4.78 is 4.86. The van der Waals surface area contributed by atoms with Gasteiger partial charge in [0.1, 0.15) is 17.2 Å². The minimum absolute atomic E-state index is 0.130. The highest BCUT2D eigenvalue weighted by Gasteiger charge is 2.25. The molecule has 0 unspecified atom stereocenters. The molecule has 9 heteroatoms. The zero-order valence-electron chi connectivity index (χ0n) is 9.48. The van der Waals surface area contributed by atoms with Crippen LogP contribution < -0.4 is 5.32 Å². The lowest BCUT2D eigenvalue weighted by Crippen LogP contribution is -2.23. The molecule has 98 valence electrons. The highest BCUT2D eigenvalue weighted by molar-refractivity contribution is 6.02. The molecule has 0 spiro atoms. The van der Waals surface area contributed by atoms with Gasteiger partial charge in [-0.3, -0.25) is 20.2 Å². The lowest BCUT2D eigenvalue weighted by atomic mass is 10.4. The number of hydrogen-bond donors (Lipinski definition) is 1. The SMILES string of the molecule is O=C1CN(/N=C\C=C\c2ccc([N+](=O)[O-])o2)C(=O)N1. The molecule has 19 heavy (non-hydrogen) atoms. The Labute approximate surface area is 106 Å². The summed E-state index contributed by atoms with van der Waals surface area (Å²) in [5.41, 5.74) is 0. The Morgan fingerprint density at radius 1 is 1.47 bits per heavy atom. The van der Waals surface area contributed by atoms with Gasteiger partial charge in [0.25, 0.3) is 0 Å². The van der Waals surface area contributed by atoms with Crippen molar-refractivity contribution in [2.24, 2.45) is 5.10 Å². The van der Waals surface area contributed by atoms with Gasteiger partial charge in [0, 0.05) is 6.21 Å². The second-order valence-electron chi connectivity index (χ2n) is 3.47. The fraction of sp³-hybridized carbons (Fsp3) is 0.100. The third-order valence-electron chi connectivity index (χ3n) is 2.12. The number of nitrogens with one attached hydrogen (secondary N) is 1. The first kappa shape index (κ1) is 12.5. The van der Waals surface area contributed by atoms with Crippen molar-refractivity contribution in [3.63, 3.8) is 0 Å². The summed E-state index contributed by atoms with van der Waals surface area (Å²) in [5, 5.41) is 17.1. The number of hydrogen-bond acceptors (Lipinski definition) is 6. The van der Waals surface area contributed by atoms with Crippen molar-refractivity contribution in [3.05, 3.63) is 34.1 Å². The number of nitro groups is 1. The average molecular weight is 264 g/mol. The van der Waals surface area contributed by atoms with Gasteiger partial charge < -0.3 is 4.42 Å². The van der Waals surface area contributed by atoms with Crippen molar-refractivity contribution in [2.45, 2.75) is 0 Å². The predicted molar refractivity (Wildman–Crippen MR) is 63.1 cm³/mol. The van der Waals surface area contributed by atoms with E-state index < -0.39 is 16.9 Å². The first-order valence-corrected chi connectivity index (χ1v) is 5.12. The van der Waals surface area contributed by atoms with Gasteiger partial charge in [-0.05, 0) is 18.2 Å². The van der Waals surface area contributed by atoms with Crippen LogP contribution >= 0.6 is 0 Å². The van der Waals surface area contributed by atoms with Crippen molar-refractivity contribution >= 4 is 30.1 Å². The molecule has 1 aliphatic heterocycles. The van der Waals surface area contributed by atoms with Crippen LogP contribution in [0.15, 0.2) is 27.7 Å². The molecule has 2 rings (SSSR count). The van der Waals surface area contributed by atoms with Crippen LogP contribution in [0.5, 0.6) is 0 Å². The second kappa shape index (κ2) is 5.12. The van der Waals surface area contributed by atoms with Gasteiger partial charge in [0.05, 0.1) is 6.07 Å². The number of carbonyl (C=O) groups excluding carboxylic acids is 2. The lowest BCUT2D eigenvalue weighted by Gasteiger charge is -2.02. The Balaban J connectivity index is 1.94. The summed E-state index contributed by atoms with van der Waals surface area (Å²) in [6, 6.07) is 2.06. The minimum Gasteiger partial charge on any atom is -0.401 e. The number of hydrazone groups is 1. The monoisotopic (exact) mass is 264 g/mol. The molecule has 1 N–H and O–H groups in total. The van der Waals surface area contributed by atoms with E-state index in [2.05, 4.69) is 10.4 Å².